The molecule has 0 unspecified atom stereocenters. The van der Waals surface area contributed by atoms with Crippen LogP contribution in [0.4, 0.5) is 5.13 Å². The van der Waals surface area contributed by atoms with Crippen LogP contribution >= 0.6 is 11.3 Å². The summed E-state index contributed by atoms with van der Waals surface area (Å²) in [5, 5.41) is 9.76. The van der Waals surface area contributed by atoms with Gasteiger partial charge in [0.25, 0.3) is 5.91 Å². The number of ether oxygens (including phenoxy) is 1. The van der Waals surface area contributed by atoms with Gasteiger partial charge in [0.2, 0.25) is 0 Å². The van der Waals surface area contributed by atoms with E-state index in [9.17, 15) is 4.79 Å². The number of aromatic nitrogens is 1. The van der Waals surface area contributed by atoms with Crippen molar-refractivity contribution in [3.63, 3.8) is 0 Å². The van der Waals surface area contributed by atoms with Crippen molar-refractivity contribution in [1.29, 1.82) is 5.26 Å². The third-order valence-corrected chi connectivity index (χ3v) is 6.66. The van der Waals surface area contributed by atoms with Crippen LogP contribution in [0.25, 0.3) is 10.2 Å². The van der Waals surface area contributed by atoms with Gasteiger partial charge in [0.05, 0.1) is 48.2 Å². The Morgan fingerprint density at radius 2 is 1.90 bits per heavy atom. The van der Waals surface area contributed by atoms with E-state index in [0.29, 0.717) is 17.7 Å². The second-order valence-corrected chi connectivity index (χ2v) is 8.67. The predicted molar refractivity (Wildman–Crippen MR) is 118 cm³/mol. The van der Waals surface area contributed by atoms with Gasteiger partial charge in [-0.05, 0) is 61.4 Å². The van der Waals surface area contributed by atoms with Gasteiger partial charge in [0.15, 0.2) is 5.13 Å². The molecule has 1 fully saturated rings. The van der Waals surface area contributed by atoms with E-state index in [1.54, 1.807) is 40.5 Å². The summed E-state index contributed by atoms with van der Waals surface area (Å²) in [5.41, 5.74) is 4.45. The Hall–Kier alpha value is -2.79. The smallest absolute Gasteiger partial charge is 0.260 e. The van der Waals surface area contributed by atoms with Crippen LogP contribution in [-0.2, 0) is 4.74 Å². The lowest BCUT2D eigenvalue weighted by molar-refractivity contribution is -0.906. The number of nitrogens with zero attached hydrogens (tertiary/aromatic N) is 3. The molecule has 2 aromatic carbocycles. The number of nitrogens with one attached hydrogen (secondary N) is 1. The van der Waals surface area contributed by atoms with Crippen LogP contribution < -0.4 is 9.80 Å². The maximum Gasteiger partial charge on any atom is 0.260 e. The third-order valence-electron chi connectivity index (χ3n) is 5.62. The SMILES string of the molecule is Cc1cc2nc(N(CC[NH+]3CCOCC3)C(=O)c3ccc(C#N)cc3)sc2cc1C. The van der Waals surface area contributed by atoms with Gasteiger partial charge in [-0.25, -0.2) is 4.98 Å². The topological polar surface area (TPSA) is 70.7 Å². The number of rotatable bonds is 5. The van der Waals surface area contributed by atoms with E-state index in [4.69, 9.17) is 15.0 Å². The molecule has 0 radical (unpaired) electrons. The number of quaternary nitrogens is 1. The minimum atomic E-state index is -0.0837. The lowest BCUT2D eigenvalue weighted by Crippen LogP contribution is -3.14. The van der Waals surface area contributed by atoms with Gasteiger partial charge in [-0.3, -0.25) is 9.69 Å². The van der Waals surface area contributed by atoms with Crippen LogP contribution in [0.1, 0.15) is 27.0 Å². The van der Waals surface area contributed by atoms with Gasteiger partial charge >= 0.3 is 0 Å². The summed E-state index contributed by atoms with van der Waals surface area (Å²) in [6.45, 7) is 9.04. The number of anilines is 1. The van der Waals surface area contributed by atoms with Gasteiger partial charge in [-0.1, -0.05) is 11.3 Å². The summed E-state index contributed by atoms with van der Waals surface area (Å²) >= 11 is 1.55. The molecule has 2 heterocycles. The molecule has 0 bridgehead atoms. The molecule has 3 aromatic rings. The Morgan fingerprint density at radius 1 is 1.20 bits per heavy atom. The van der Waals surface area contributed by atoms with Crippen LogP contribution in [0, 0.1) is 25.2 Å². The number of aryl methyl sites for hydroxylation is 2. The highest BCUT2D eigenvalue weighted by Gasteiger charge is 2.24. The number of amides is 1. The number of nitriles is 1. The van der Waals surface area contributed by atoms with Crippen molar-refractivity contribution in [3.05, 3.63) is 58.7 Å². The number of thiazole rings is 1. The normalized spacial score (nSPS) is 14.6. The minimum Gasteiger partial charge on any atom is -0.370 e. The molecule has 30 heavy (non-hydrogen) atoms. The third kappa shape index (κ3) is 4.36. The Labute approximate surface area is 180 Å². The monoisotopic (exact) mass is 421 g/mol. The van der Waals surface area contributed by atoms with Crippen molar-refractivity contribution in [2.45, 2.75) is 13.8 Å². The van der Waals surface area contributed by atoms with Crippen LogP contribution in [0.5, 0.6) is 0 Å². The number of carbonyl (C=O) groups excluding carboxylic acids is 1. The summed E-state index contributed by atoms with van der Waals surface area (Å²) in [7, 11) is 0. The molecule has 0 aliphatic carbocycles. The first-order valence-electron chi connectivity index (χ1n) is 10.2. The summed E-state index contributed by atoms with van der Waals surface area (Å²) in [6, 6.07) is 13.1. The molecule has 0 atom stereocenters. The van der Waals surface area contributed by atoms with E-state index in [0.717, 1.165) is 48.2 Å². The van der Waals surface area contributed by atoms with Crippen molar-refractivity contribution in [2.24, 2.45) is 0 Å². The van der Waals surface area contributed by atoms with E-state index < -0.39 is 0 Å². The van der Waals surface area contributed by atoms with Gasteiger partial charge in [-0.2, -0.15) is 5.26 Å². The number of carbonyl (C=O) groups is 1. The van der Waals surface area contributed by atoms with Crippen LogP contribution in [-0.4, -0.2) is 50.3 Å². The number of benzene rings is 2. The van der Waals surface area contributed by atoms with Gasteiger partial charge in [0.1, 0.15) is 13.1 Å². The molecule has 1 amide bonds. The molecule has 1 aliphatic heterocycles. The molecule has 0 spiro atoms. The molecule has 7 heteroatoms. The second-order valence-electron chi connectivity index (χ2n) is 7.66. The fourth-order valence-electron chi connectivity index (χ4n) is 3.59. The highest BCUT2D eigenvalue weighted by molar-refractivity contribution is 7.22. The lowest BCUT2D eigenvalue weighted by Gasteiger charge is -2.27. The highest BCUT2D eigenvalue weighted by atomic mass is 32.1. The quantitative estimate of drug-likeness (QED) is 0.687. The van der Waals surface area contributed by atoms with Gasteiger partial charge < -0.3 is 9.64 Å². The zero-order valence-electron chi connectivity index (χ0n) is 17.3. The molecular formula is C23H25N4O2S+. The summed E-state index contributed by atoms with van der Waals surface area (Å²) in [5.74, 6) is -0.0837. The second kappa shape index (κ2) is 8.92. The highest BCUT2D eigenvalue weighted by Crippen LogP contribution is 2.31. The standard InChI is InChI=1S/C23H24N4O2S/c1-16-13-20-21(14-17(16)2)30-23(25-20)27(8-7-26-9-11-29-12-10-26)22(28)19-5-3-18(15-24)4-6-19/h3-6,13-14H,7-12H2,1-2H3/p+1. The van der Waals surface area contributed by atoms with Crippen molar-refractivity contribution in [1.82, 2.24) is 4.98 Å². The molecule has 4 rings (SSSR count). The Balaban J connectivity index is 1.65. The Kier molecular flexibility index (Phi) is 6.09. The number of fused-ring (bicyclic) bond motifs is 1. The summed E-state index contributed by atoms with van der Waals surface area (Å²) < 4.78 is 6.54. The largest absolute Gasteiger partial charge is 0.370 e. The van der Waals surface area contributed by atoms with Crippen molar-refractivity contribution >= 4 is 32.6 Å². The maximum absolute atomic E-state index is 13.4. The van der Waals surface area contributed by atoms with E-state index in [-0.39, 0.29) is 5.91 Å². The van der Waals surface area contributed by atoms with Crippen molar-refractivity contribution in [2.75, 3.05) is 44.3 Å². The van der Waals surface area contributed by atoms with Crippen LogP contribution in [0.15, 0.2) is 36.4 Å². The molecule has 1 aromatic heterocycles. The first-order chi connectivity index (χ1) is 14.5. The first-order valence-corrected chi connectivity index (χ1v) is 11.0. The molecule has 1 aliphatic rings. The number of morpholine rings is 1. The maximum atomic E-state index is 13.4. The minimum absolute atomic E-state index is 0.0837. The molecule has 1 saturated heterocycles. The molecule has 154 valence electrons. The summed E-state index contributed by atoms with van der Waals surface area (Å²) in [6.07, 6.45) is 0. The van der Waals surface area contributed by atoms with Crippen LogP contribution in [0.2, 0.25) is 0 Å². The average molecular weight is 422 g/mol. The zero-order chi connectivity index (χ0) is 21.1. The summed E-state index contributed by atoms with van der Waals surface area (Å²) in [4.78, 5) is 21.4. The van der Waals surface area contributed by atoms with E-state index in [1.807, 2.05) is 0 Å². The van der Waals surface area contributed by atoms with Gasteiger partial charge in [-0.15, -0.1) is 0 Å². The lowest BCUT2D eigenvalue weighted by atomic mass is 10.1. The zero-order valence-corrected chi connectivity index (χ0v) is 18.1. The van der Waals surface area contributed by atoms with E-state index in [1.165, 1.54) is 16.0 Å². The van der Waals surface area contributed by atoms with Gasteiger partial charge in [0, 0.05) is 5.56 Å². The van der Waals surface area contributed by atoms with Crippen molar-refractivity contribution in [3.8, 4) is 6.07 Å². The average Bonchev–Trinajstić information content (AvgIpc) is 3.17. The number of hydrogen-bond donors (Lipinski definition) is 1. The van der Waals surface area contributed by atoms with Crippen molar-refractivity contribution < 1.29 is 14.4 Å². The number of hydrogen-bond acceptors (Lipinski definition) is 5. The fraction of sp³-hybridized carbons (Fsp3) is 0.348. The molecule has 0 saturated carbocycles. The van der Waals surface area contributed by atoms with E-state index in [2.05, 4.69) is 32.0 Å². The Morgan fingerprint density at radius 3 is 2.60 bits per heavy atom. The first kappa shape index (κ1) is 20.5. The Bertz CT molecular complexity index is 1060. The predicted octanol–water partition coefficient (Wildman–Crippen LogP) is 2.35. The molecule has 1 N–H and O–H groups in total. The van der Waals surface area contributed by atoms with E-state index >= 15 is 0 Å². The molecular weight excluding hydrogens is 396 g/mol. The fourth-order valence-corrected chi connectivity index (χ4v) is 4.66. The molecule has 6 nitrogen and oxygen atoms in total. The van der Waals surface area contributed by atoms with Crippen LogP contribution in [0.3, 0.4) is 0 Å².